The molecule has 0 unspecified atom stereocenters. The molecule has 0 fully saturated rings. The summed E-state index contributed by atoms with van der Waals surface area (Å²) in [7, 11) is 0. The van der Waals surface area contributed by atoms with Crippen LogP contribution in [0.4, 0.5) is 0 Å². The number of carbonyl (C=O) groups is 1. The minimum absolute atomic E-state index is 0.253. The van der Waals surface area contributed by atoms with E-state index in [2.05, 4.69) is 10.5 Å². The highest BCUT2D eigenvalue weighted by Gasteiger charge is 2.05. The van der Waals surface area contributed by atoms with Gasteiger partial charge in [0.15, 0.2) is 0 Å². The number of ether oxygens (including phenoxy) is 1. The summed E-state index contributed by atoms with van der Waals surface area (Å²) in [6, 6.07) is 28.5. The zero-order chi connectivity index (χ0) is 20.8. The largest absolute Gasteiger partial charge is 0.489 e. The Morgan fingerprint density at radius 1 is 0.900 bits per heavy atom. The van der Waals surface area contributed by atoms with Crippen LogP contribution in [-0.4, -0.2) is 12.1 Å². The fourth-order valence-electron chi connectivity index (χ4n) is 2.99. The van der Waals surface area contributed by atoms with Gasteiger partial charge in [0.25, 0.3) is 5.91 Å². The summed E-state index contributed by atoms with van der Waals surface area (Å²) in [5, 5.41) is 6.84. The van der Waals surface area contributed by atoms with E-state index in [1.807, 2.05) is 84.9 Å². The molecular formula is C25H19ClN2O2. The second-order valence-corrected chi connectivity index (χ2v) is 7.12. The quantitative estimate of drug-likeness (QED) is 0.318. The second kappa shape index (κ2) is 9.25. The first-order valence-corrected chi connectivity index (χ1v) is 9.85. The van der Waals surface area contributed by atoms with Crippen LogP contribution in [0.5, 0.6) is 5.75 Å². The maximum Gasteiger partial charge on any atom is 0.271 e. The average molecular weight is 415 g/mol. The molecule has 0 aliphatic heterocycles. The van der Waals surface area contributed by atoms with Crippen molar-refractivity contribution in [2.24, 2.45) is 5.10 Å². The lowest BCUT2D eigenvalue weighted by molar-refractivity contribution is 0.0955. The van der Waals surface area contributed by atoms with Crippen LogP contribution in [0.15, 0.2) is 96.1 Å². The van der Waals surface area contributed by atoms with Gasteiger partial charge in [-0.3, -0.25) is 4.79 Å². The number of hydrazone groups is 1. The number of amides is 1. The Morgan fingerprint density at radius 2 is 1.63 bits per heavy atom. The monoisotopic (exact) mass is 414 g/mol. The molecular weight excluding hydrogens is 396 g/mol. The molecule has 4 aromatic rings. The first kappa shape index (κ1) is 19.7. The number of carbonyl (C=O) groups excluding carboxylic acids is 1. The average Bonchev–Trinajstić information content (AvgIpc) is 2.79. The van der Waals surface area contributed by atoms with Crippen molar-refractivity contribution >= 4 is 34.5 Å². The van der Waals surface area contributed by atoms with Crippen molar-refractivity contribution in [3.05, 3.63) is 113 Å². The maximum absolute atomic E-state index is 12.3. The summed E-state index contributed by atoms with van der Waals surface area (Å²) in [6.07, 6.45) is 1.59. The normalized spacial score (nSPS) is 11.0. The molecule has 4 rings (SSSR count). The van der Waals surface area contributed by atoms with Gasteiger partial charge in [0, 0.05) is 16.1 Å². The van der Waals surface area contributed by atoms with Crippen molar-refractivity contribution in [1.29, 1.82) is 0 Å². The summed E-state index contributed by atoms with van der Waals surface area (Å²) in [5.74, 6) is 0.476. The van der Waals surface area contributed by atoms with Gasteiger partial charge < -0.3 is 4.74 Å². The van der Waals surface area contributed by atoms with Gasteiger partial charge in [-0.1, -0.05) is 60.1 Å². The fraction of sp³-hybridized carbons (Fsp3) is 0.0400. The van der Waals surface area contributed by atoms with Gasteiger partial charge >= 0.3 is 0 Å². The zero-order valence-electron chi connectivity index (χ0n) is 16.1. The predicted octanol–water partition coefficient (Wildman–Crippen LogP) is 5.84. The maximum atomic E-state index is 12.3. The lowest BCUT2D eigenvalue weighted by Crippen LogP contribution is -2.17. The molecule has 5 heteroatoms. The fourth-order valence-corrected chi connectivity index (χ4v) is 3.18. The van der Waals surface area contributed by atoms with Crippen molar-refractivity contribution in [3.8, 4) is 5.75 Å². The van der Waals surface area contributed by atoms with Gasteiger partial charge in [-0.15, -0.1) is 0 Å². The van der Waals surface area contributed by atoms with E-state index in [0.29, 0.717) is 17.2 Å². The lowest BCUT2D eigenvalue weighted by Gasteiger charge is -2.07. The number of nitrogens with zero attached hydrogens (tertiary/aromatic N) is 1. The lowest BCUT2D eigenvalue weighted by atomic mass is 10.1. The molecule has 0 aliphatic rings. The molecule has 148 valence electrons. The van der Waals surface area contributed by atoms with Crippen molar-refractivity contribution < 1.29 is 9.53 Å². The smallest absolute Gasteiger partial charge is 0.271 e. The number of halogens is 1. The van der Waals surface area contributed by atoms with Crippen molar-refractivity contribution in [1.82, 2.24) is 5.43 Å². The molecule has 0 aromatic heterocycles. The molecule has 0 bridgehead atoms. The van der Waals surface area contributed by atoms with Gasteiger partial charge in [0.05, 0.1) is 6.21 Å². The molecule has 0 spiro atoms. The van der Waals surface area contributed by atoms with E-state index >= 15 is 0 Å². The van der Waals surface area contributed by atoms with Crippen LogP contribution < -0.4 is 10.2 Å². The molecule has 4 aromatic carbocycles. The molecule has 0 heterocycles. The van der Waals surface area contributed by atoms with Crippen LogP contribution >= 0.6 is 11.6 Å². The molecule has 1 amide bonds. The minimum atomic E-state index is -0.253. The summed E-state index contributed by atoms with van der Waals surface area (Å²) >= 11 is 6.14. The molecule has 0 atom stereocenters. The standard InChI is InChI=1S/C25H19ClN2O2/c26-24-8-4-3-7-22(24)17-30-23-13-9-18(10-14-23)16-27-28-25(29)21-12-11-19-5-1-2-6-20(19)15-21/h1-16H,17H2,(H,28,29)/b27-16-. The van der Waals surface area contributed by atoms with Gasteiger partial charge in [0.2, 0.25) is 0 Å². The van der Waals surface area contributed by atoms with Gasteiger partial charge in [-0.2, -0.15) is 5.10 Å². The first-order valence-electron chi connectivity index (χ1n) is 9.47. The zero-order valence-corrected chi connectivity index (χ0v) is 16.8. The summed E-state index contributed by atoms with van der Waals surface area (Å²) < 4.78 is 5.76. The number of nitrogens with one attached hydrogen (secondary N) is 1. The molecule has 0 saturated heterocycles. The number of rotatable bonds is 6. The molecule has 0 radical (unpaired) electrons. The molecule has 0 aliphatic carbocycles. The van der Waals surface area contributed by atoms with E-state index < -0.39 is 0 Å². The van der Waals surface area contributed by atoms with Crippen LogP contribution in [0.2, 0.25) is 5.02 Å². The first-order chi connectivity index (χ1) is 14.7. The van der Waals surface area contributed by atoms with Crippen LogP contribution in [0.25, 0.3) is 10.8 Å². The Bertz CT molecular complexity index is 1200. The topological polar surface area (TPSA) is 50.7 Å². The molecule has 0 saturated carbocycles. The Kier molecular flexibility index (Phi) is 6.06. The van der Waals surface area contributed by atoms with Gasteiger partial charge in [0.1, 0.15) is 12.4 Å². The molecule has 30 heavy (non-hydrogen) atoms. The van der Waals surface area contributed by atoms with E-state index in [4.69, 9.17) is 16.3 Å². The van der Waals surface area contributed by atoms with Crippen LogP contribution in [0.3, 0.4) is 0 Å². The van der Waals surface area contributed by atoms with E-state index in [-0.39, 0.29) is 5.91 Å². The molecule has 1 N–H and O–H groups in total. The van der Waals surface area contributed by atoms with Crippen LogP contribution in [0, 0.1) is 0 Å². The Balaban J connectivity index is 1.33. The van der Waals surface area contributed by atoms with Gasteiger partial charge in [-0.05, 0) is 58.8 Å². The summed E-state index contributed by atoms with van der Waals surface area (Å²) in [4.78, 5) is 12.3. The highest BCUT2D eigenvalue weighted by Crippen LogP contribution is 2.19. The van der Waals surface area contributed by atoms with Crippen molar-refractivity contribution in [2.75, 3.05) is 0 Å². The third kappa shape index (κ3) is 4.85. The second-order valence-electron chi connectivity index (χ2n) is 6.71. The van der Waals surface area contributed by atoms with Crippen LogP contribution in [-0.2, 0) is 6.61 Å². The number of fused-ring (bicyclic) bond motifs is 1. The molecule has 4 nitrogen and oxygen atoms in total. The van der Waals surface area contributed by atoms with E-state index in [1.165, 1.54) is 0 Å². The van der Waals surface area contributed by atoms with Crippen molar-refractivity contribution in [3.63, 3.8) is 0 Å². The number of hydrogen-bond donors (Lipinski definition) is 1. The summed E-state index contributed by atoms with van der Waals surface area (Å²) in [6.45, 7) is 0.398. The van der Waals surface area contributed by atoms with Crippen LogP contribution in [0.1, 0.15) is 21.5 Å². The SMILES string of the molecule is O=C(N/N=C\c1ccc(OCc2ccccc2Cl)cc1)c1ccc2ccccc2c1. The van der Waals surface area contributed by atoms with Gasteiger partial charge in [-0.25, -0.2) is 5.43 Å². The third-order valence-corrected chi connectivity index (χ3v) is 4.99. The Morgan fingerprint density at radius 3 is 2.43 bits per heavy atom. The Hall–Kier alpha value is -3.63. The minimum Gasteiger partial charge on any atom is -0.489 e. The van der Waals surface area contributed by atoms with E-state index in [0.717, 1.165) is 27.6 Å². The highest BCUT2D eigenvalue weighted by atomic mass is 35.5. The predicted molar refractivity (Wildman–Crippen MR) is 121 cm³/mol. The van der Waals surface area contributed by atoms with E-state index in [1.54, 1.807) is 12.3 Å². The number of benzene rings is 4. The highest BCUT2D eigenvalue weighted by molar-refractivity contribution is 6.31. The summed E-state index contributed by atoms with van der Waals surface area (Å²) in [5.41, 5.74) is 4.91. The Labute approximate surface area is 179 Å². The van der Waals surface area contributed by atoms with E-state index in [9.17, 15) is 4.79 Å². The number of hydrogen-bond acceptors (Lipinski definition) is 3. The third-order valence-electron chi connectivity index (χ3n) is 4.62. The van der Waals surface area contributed by atoms with Crippen molar-refractivity contribution in [2.45, 2.75) is 6.61 Å².